The average molecular weight is 248 g/mol. The number of sulfonamides is 1. The lowest BCUT2D eigenvalue weighted by atomic mass is 9.97. The van der Waals surface area contributed by atoms with Gasteiger partial charge in [0.2, 0.25) is 10.0 Å². The molecule has 96 valence electrons. The van der Waals surface area contributed by atoms with E-state index in [4.69, 9.17) is 0 Å². The Kier molecular flexibility index (Phi) is 4.76. The molecule has 1 saturated heterocycles. The van der Waals surface area contributed by atoms with Crippen molar-refractivity contribution in [3.05, 3.63) is 0 Å². The molecule has 1 heterocycles. The van der Waals surface area contributed by atoms with E-state index < -0.39 is 10.0 Å². The zero-order valence-corrected chi connectivity index (χ0v) is 11.4. The van der Waals surface area contributed by atoms with Crippen LogP contribution in [0.25, 0.3) is 0 Å². The van der Waals surface area contributed by atoms with Gasteiger partial charge in [-0.1, -0.05) is 0 Å². The summed E-state index contributed by atoms with van der Waals surface area (Å²) in [7, 11) is -3.12. The molecule has 16 heavy (non-hydrogen) atoms. The molecule has 1 unspecified atom stereocenters. The first-order valence-electron chi connectivity index (χ1n) is 6.01. The highest BCUT2D eigenvalue weighted by atomic mass is 32.2. The Balaban J connectivity index is 2.35. The summed E-state index contributed by atoms with van der Waals surface area (Å²) in [5.41, 5.74) is -0.371. The first-order valence-corrected chi connectivity index (χ1v) is 7.66. The Morgan fingerprint density at radius 2 is 2.06 bits per heavy atom. The van der Waals surface area contributed by atoms with Crippen molar-refractivity contribution in [3.63, 3.8) is 0 Å². The highest BCUT2D eigenvalue weighted by Gasteiger charge is 2.22. The summed E-state index contributed by atoms with van der Waals surface area (Å²) >= 11 is 0. The van der Waals surface area contributed by atoms with Crippen LogP contribution in [-0.2, 0) is 10.0 Å². The van der Waals surface area contributed by atoms with Crippen molar-refractivity contribution in [1.29, 1.82) is 0 Å². The molecule has 2 N–H and O–H groups in total. The van der Waals surface area contributed by atoms with Crippen molar-refractivity contribution in [2.75, 3.05) is 18.8 Å². The van der Waals surface area contributed by atoms with E-state index in [1.165, 1.54) is 0 Å². The summed E-state index contributed by atoms with van der Waals surface area (Å²) in [6.07, 6.45) is 3.08. The highest BCUT2D eigenvalue weighted by molar-refractivity contribution is 7.89. The molecule has 1 rings (SSSR count). The second kappa shape index (κ2) is 5.47. The molecule has 0 aromatic carbocycles. The lowest BCUT2D eigenvalue weighted by Gasteiger charge is -2.24. The van der Waals surface area contributed by atoms with Gasteiger partial charge in [-0.05, 0) is 59.0 Å². The molecule has 0 spiro atoms. The second-order valence-corrected chi connectivity index (χ2v) is 7.51. The van der Waals surface area contributed by atoms with E-state index in [-0.39, 0.29) is 11.3 Å². The Morgan fingerprint density at radius 1 is 1.38 bits per heavy atom. The van der Waals surface area contributed by atoms with Crippen molar-refractivity contribution in [2.45, 2.75) is 45.6 Å². The lowest BCUT2D eigenvalue weighted by molar-refractivity contribution is 0.367. The lowest BCUT2D eigenvalue weighted by Crippen LogP contribution is -2.42. The largest absolute Gasteiger partial charge is 0.316 e. The fourth-order valence-electron chi connectivity index (χ4n) is 2.01. The third-order valence-electron chi connectivity index (χ3n) is 2.66. The minimum Gasteiger partial charge on any atom is -0.316 e. The monoisotopic (exact) mass is 248 g/mol. The quantitative estimate of drug-likeness (QED) is 0.783. The Labute approximate surface area is 99.2 Å². The van der Waals surface area contributed by atoms with Gasteiger partial charge in [0.05, 0.1) is 5.75 Å². The van der Waals surface area contributed by atoms with Gasteiger partial charge in [-0.15, -0.1) is 0 Å². The molecule has 0 bridgehead atoms. The van der Waals surface area contributed by atoms with Crippen molar-refractivity contribution < 1.29 is 8.42 Å². The minimum atomic E-state index is -3.12. The van der Waals surface area contributed by atoms with Crippen molar-refractivity contribution in [2.24, 2.45) is 5.92 Å². The SMILES string of the molecule is CC(C)(C)NS(=O)(=O)CCC1CCCNC1. The molecule has 0 aromatic heterocycles. The highest BCUT2D eigenvalue weighted by Crippen LogP contribution is 2.15. The van der Waals surface area contributed by atoms with E-state index >= 15 is 0 Å². The molecule has 0 saturated carbocycles. The van der Waals surface area contributed by atoms with E-state index in [1.54, 1.807) is 0 Å². The minimum absolute atomic E-state index is 0.247. The van der Waals surface area contributed by atoms with Gasteiger partial charge in [0.15, 0.2) is 0 Å². The van der Waals surface area contributed by atoms with Crippen LogP contribution in [0.1, 0.15) is 40.0 Å². The molecular formula is C11H24N2O2S. The Bertz CT molecular complexity index is 300. The molecule has 1 aliphatic heterocycles. The van der Waals surface area contributed by atoms with Crippen LogP contribution in [0.5, 0.6) is 0 Å². The number of hydrogen-bond acceptors (Lipinski definition) is 3. The average Bonchev–Trinajstić information content (AvgIpc) is 2.13. The molecule has 0 amide bonds. The summed E-state index contributed by atoms with van der Waals surface area (Å²) in [4.78, 5) is 0. The number of hydrogen-bond donors (Lipinski definition) is 2. The molecule has 0 radical (unpaired) electrons. The van der Waals surface area contributed by atoms with E-state index in [1.807, 2.05) is 20.8 Å². The molecule has 1 atom stereocenters. The summed E-state index contributed by atoms with van der Waals surface area (Å²) in [5, 5.41) is 3.30. The van der Waals surface area contributed by atoms with E-state index in [0.717, 1.165) is 32.4 Å². The fourth-order valence-corrected chi connectivity index (χ4v) is 3.69. The van der Waals surface area contributed by atoms with Gasteiger partial charge in [-0.25, -0.2) is 13.1 Å². The molecule has 4 nitrogen and oxygen atoms in total. The van der Waals surface area contributed by atoms with Crippen molar-refractivity contribution in [3.8, 4) is 0 Å². The van der Waals surface area contributed by atoms with Crippen molar-refractivity contribution >= 4 is 10.0 Å². The first-order chi connectivity index (χ1) is 7.29. The summed E-state index contributed by atoms with van der Waals surface area (Å²) < 4.78 is 26.2. The number of rotatable bonds is 4. The van der Waals surface area contributed by atoms with Gasteiger partial charge in [-0.2, -0.15) is 0 Å². The number of nitrogens with one attached hydrogen (secondary N) is 2. The smallest absolute Gasteiger partial charge is 0.212 e. The van der Waals surface area contributed by atoms with Gasteiger partial charge in [0, 0.05) is 5.54 Å². The van der Waals surface area contributed by atoms with Crippen LogP contribution >= 0.6 is 0 Å². The van der Waals surface area contributed by atoms with E-state index in [9.17, 15) is 8.42 Å². The van der Waals surface area contributed by atoms with Gasteiger partial charge in [0.1, 0.15) is 0 Å². The Hall–Kier alpha value is -0.130. The van der Waals surface area contributed by atoms with Gasteiger partial charge < -0.3 is 5.32 Å². The van der Waals surface area contributed by atoms with Crippen LogP contribution in [0.15, 0.2) is 0 Å². The maximum Gasteiger partial charge on any atom is 0.212 e. The topological polar surface area (TPSA) is 58.2 Å². The van der Waals surface area contributed by atoms with Crippen LogP contribution in [0.3, 0.4) is 0 Å². The standard InChI is InChI=1S/C11H24N2O2S/c1-11(2,3)13-16(14,15)8-6-10-5-4-7-12-9-10/h10,12-13H,4-9H2,1-3H3. The second-order valence-electron chi connectivity index (χ2n) is 5.67. The fraction of sp³-hybridized carbons (Fsp3) is 1.00. The van der Waals surface area contributed by atoms with Crippen LogP contribution in [0.4, 0.5) is 0 Å². The van der Waals surface area contributed by atoms with Crippen LogP contribution in [0, 0.1) is 5.92 Å². The number of piperidine rings is 1. The van der Waals surface area contributed by atoms with Gasteiger partial charge >= 0.3 is 0 Å². The van der Waals surface area contributed by atoms with E-state index in [2.05, 4.69) is 10.0 Å². The third-order valence-corrected chi connectivity index (χ3v) is 4.35. The van der Waals surface area contributed by atoms with Crippen LogP contribution < -0.4 is 10.0 Å². The molecular weight excluding hydrogens is 224 g/mol. The van der Waals surface area contributed by atoms with Crippen LogP contribution in [-0.4, -0.2) is 32.8 Å². The molecule has 0 aromatic rings. The normalized spacial score (nSPS) is 23.3. The zero-order valence-electron chi connectivity index (χ0n) is 10.5. The van der Waals surface area contributed by atoms with Crippen molar-refractivity contribution in [1.82, 2.24) is 10.0 Å². The first kappa shape index (κ1) is 13.9. The predicted molar refractivity (Wildman–Crippen MR) is 66.9 cm³/mol. The molecule has 1 aliphatic rings. The maximum atomic E-state index is 11.8. The van der Waals surface area contributed by atoms with Gasteiger partial charge in [0.25, 0.3) is 0 Å². The zero-order chi connectivity index (χ0) is 12.2. The molecule has 5 heteroatoms. The molecule has 1 fully saturated rings. The van der Waals surface area contributed by atoms with Gasteiger partial charge in [-0.3, -0.25) is 0 Å². The summed E-state index contributed by atoms with van der Waals surface area (Å²) in [6.45, 7) is 7.64. The maximum absolute atomic E-state index is 11.8. The van der Waals surface area contributed by atoms with E-state index in [0.29, 0.717) is 5.92 Å². The summed E-state index contributed by atoms with van der Waals surface area (Å²) in [5.74, 6) is 0.765. The predicted octanol–water partition coefficient (Wildman–Crippen LogP) is 1.09. The summed E-state index contributed by atoms with van der Waals surface area (Å²) in [6, 6.07) is 0. The van der Waals surface area contributed by atoms with Crippen LogP contribution in [0.2, 0.25) is 0 Å². The third kappa shape index (κ3) is 5.82. The Morgan fingerprint density at radius 3 is 2.56 bits per heavy atom. The molecule has 0 aliphatic carbocycles.